The van der Waals surface area contributed by atoms with Gasteiger partial charge < -0.3 is 10.4 Å². The highest BCUT2D eigenvalue weighted by Gasteiger charge is 2.10. The third kappa shape index (κ3) is 3.05. The second-order valence-corrected chi connectivity index (χ2v) is 5.09. The van der Waals surface area contributed by atoms with Crippen LogP contribution in [0.4, 0.5) is 10.1 Å². The van der Waals surface area contributed by atoms with Gasteiger partial charge in [-0.1, -0.05) is 0 Å². The van der Waals surface area contributed by atoms with Crippen molar-refractivity contribution in [3.8, 4) is 11.8 Å². The van der Waals surface area contributed by atoms with Gasteiger partial charge >= 0.3 is 0 Å². The molecule has 4 nitrogen and oxygen atoms in total. The molecule has 0 aromatic heterocycles. The standard InChI is InChI=1S/C14H8FIN2O2/c15-11-3-2-10(5-9(11)7-17)18-14(20)8-1-4-12(16)13(19)6-8/h1-6,19H,(H,18,20). The molecule has 2 aromatic carbocycles. The van der Waals surface area contributed by atoms with E-state index >= 15 is 0 Å². The van der Waals surface area contributed by atoms with Crippen molar-refractivity contribution in [2.75, 3.05) is 5.32 Å². The molecule has 0 saturated heterocycles. The Labute approximate surface area is 128 Å². The molecule has 0 unspecified atom stereocenters. The van der Waals surface area contributed by atoms with Gasteiger partial charge in [0.2, 0.25) is 0 Å². The number of carbonyl (C=O) groups is 1. The van der Waals surface area contributed by atoms with Gasteiger partial charge in [-0.2, -0.15) is 5.26 Å². The quantitative estimate of drug-likeness (QED) is 0.784. The second-order valence-electron chi connectivity index (χ2n) is 3.93. The molecule has 0 aliphatic heterocycles. The first kappa shape index (κ1) is 14.3. The zero-order valence-corrected chi connectivity index (χ0v) is 12.2. The number of carbonyl (C=O) groups excluding carboxylic acids is 1. The minimum absolute atomic E-state index is 0.00932. The smallest absolute Gasteiger partial charge is 0.255 e. The van der Waals surface area contributed by atoms with Crippen LogP contribution in [0.25, 0.3) is 0 Å². The number of benzene rings is 2. The number of hydrogen-bond donors (Lipinski definition) is 2. The topological polar surface area (TPSA) is 73.1 Å². The Morgan fingerprint density at radius 3 is 2.70 bits per heavy atom. The predicted molar refractivity (Wildman–Crippen MR) is 79.9 cm³/mol. The number of halogens is 2. The van der Waals surface area contributed by atoms with Crippen molar-refractivity contribution in [1.82, 2.24) is 0 Å². The summed E-state index contributed by atoms with van der Waals surface area (Å²) in [5.74, 6) is -1.08. The van der Waals surface area contributed by atoms with Gasteiger partial charge in [-0.05, 0) is 59.0 Å². The summed E-state index contributed by atoms with van der Waals surface area (Å²) in [4.78, 5) is 12.0. The zero-order chi connectivity index (χ0) is 14.7. The summed E-state index contributed by atoms with van der Waals surface area (Å²) in [5.41, 5.74) is 0.435. The number of phenols is 1. The zero-order valence-electron chi connectivity index (χ0n) is 10.0. The third-order valence-corrected chi connectivity index (χ3v) is 3.47. The molecular weight excluding hydrogens is 374 g/mol. The summed E-state index contributed by atoms with van der Waals surface area (Å²) in [7, 11) is 0. The van der Waals surface area contributed by atoms with E-state index in [1.807, 2.05) is 22.6 Å². The fourth-order valence-electron chi connectivity index (χ4n) is 1.55. The highest BCUT2D eigenvalue weighted by Crippen LogP contribution is 2.21. The van der Waals surface area contributed by atoms with E-state index in [0.717, 1.165) is 6.07 Å². The number of nitrogens with zero attached hydrogens (tertiary/aromatic N) is 1. The fourth-order valence-corrected chi connectivity index (χ4v) is 1.88. The predicted octanol–water partition coefficient (Wildman–Crippen LogP) is 3.26. The van der Waals surface area contributed by atoms with Gasteiger partial charge in [0.1, 0.15) is 17.6 Å². The summed E-state index contributed by atoms with van der Waals surface area (Å²) in [6, 6.07) is 9.93. The lowest BCUT2D eigenvalue weighted by Gasteiger charge is -2.07. The average Bonchev–Trinajstić information content (AvgIpc) is 2.43. The molecule has 0 radical (unpaired) electrons. The lowest BCUT2D eigenvalue weighted by atomic mass is 10.1. The van der Waals surface area contributed by atoms with E-state index in [4.69, 9.17) is 5.26 Å². The number of rotatable bonds is 2. The van der Waals surface area contributed by atoms with Gasteiger partial charge in [0, 0.05) is 11.3 Å². The molecule has 2 N–H and O–H groups in total. The number of nitriles is 1. The van der Waals surface area contributed by atoms with Gasteiger partial charge in [0.05, 0.1) is 9.13 Å². The van der Waals surface area contributed by atoms with Crippen LogP contribution in [-0.4, -0.2) is 11.0 Å². The number of nitrogens with one attached hydrogen (secondary N) is 1. The molecule has 1 amide bonds. The molecular formula is C14H8FIN2O2. The van der Waals surface area contributed by atoms with Gasteiger partial charge in [0.15, 0.2) is 0 Å². The minimum atomic E-state index is -0.641. The van der Waals surface area contributed by atoms with E-state index in [1.165, 1.54) is 18.2 Å². The van der Waals surface area contributed by atoms with Crippen molar-refractivity contribution < 1.29 is 14.3 Å². The molecule has 0 fully saturated rings. The van der Waals surface area contributed by atoms with Crippen LogP contribution < -0.4 is 5.32 Å². The van der Waals surface area contributed by atoms with E-state index in [2.05, 4.69) is 5.32 Å². The Morgan fingerprint density at radius 1 is 1.30 bits per heavy atom. The molecule has 0 aliphatic rings. The summed E-state index contributed by atoms with van der Waals surface area (Å²) in [5, 5.41) is 20.8. The number of phenolic OH excluding ortho intramolecular Hbond substituents is 1. The third-order valence-electron chi connectivity index (χ3n) is 2.55. The van der Waals surface area contributed by atoms with E-state index in [-0.39, 0.29) is 16.9 Å². The van der Waals surface area contributed by atoms with Crippen molar-refractivity contribution in [2.45, 2.75) is 0 Å². The molecule has 6 heteroatoms. The first-order chi connectivity index (χ1) is 9.51. The molecule has 0 aliphatic carbocycles. The van der Waals surface area contributed by atoms with Gasteiger partial charge in [0.25, 0.3) is 5.91 Å². The van der Waals surface area contributed by atoms with E-state index in [1.54, 1.807) is 18.2 Å². The average molecular weight is 382 g/mol. The maximum absolute atomic E-state index is 13.2. The Kier molecular flexibility index (Phi) is 4.20. The minimum Gasteiger partial charge on any atom is -0.507 e. The molecule has 0 atom stereocenters. The number of amides is 1. The summed E-state index contributed by atoms with van der Waals surface area (Å²) in [6.07, 6.45) is 0. The maximum Gasteiger partial charge on any atom is 0.255 e. The Balaban J connectivity index is 2.23. The molecule has 0 spiro atoms. The van der Waals surface area contributed by atoms with Crippen molar-refractivity contribution in [3.05, 3.63) is 56.9 Å². The molecule has 0 bridgehead atoms. The molecule has 0 heterocycles. The largest absolute Gasteiger partial charge is 0.507 e. The number of anilines is 1. The van der Waals surface area contributed by atoms with Crippen LogP contribution in [0.15, 0.2) is 36.4 Å². The van der Waals surface area contributed by atoms with Crippen LogP contribution in [0.1, 0.15) is 15.9 Å². The number of aromatic hydroxyl groups is 1. The lowest BCUT2D eigenvalue weighted by Crippen LogP contribution is -2.12. The SMILES string of the molecule is N#Cc1cc(NC(=O)c2ccc(I)c(O)c2)ccc1F. The molecule has 2 aromatic rings. The van der Waals surface area contributed by atoms with E-state index < -0.39 is 11.7 Å². The van der Waals surface area contributed by atoms with Crippen LogP contribution in [-0.2, 0) is 0 Å². The Morgan fingerprint density at radius 2 is 2.05 bits per heavy atom. The highest BCUT2D eigenvalue weighted by atomic mass is 127. The summed E-state index contributed by atoms with van der Waals surface area (Å²) < 4.78 is 13.8. The number of hydrogen-bond acceptors (Lipinski definition) is 3. The van der Waals surface area contributed by atoms with E-state index in [0.29, 0.717) is 9.26 Å². The molecule has 20 heavy (non-hydrogen) atoms. The van der Waals surface area contributed by atoms with Crippen molar-refractivity contribution in [1.29, 1.82) is 5.26 Å². The Bertz CT molecular complexity index is 726. The maximum atomic E-state index is 13.2. The van der Waals surface area contributed by atoms with Crippen LogP contribution >= 0.6 is 22.6 Å². The normalized spacial score (nSPS) is 9.85. The first-order valence-corrected chi connectivity index (χ1v) is 6.58. The lowest BCUT2D eigenvalue weighted by molar-refractivity contribution is 0.102. The van der Waals surface area contributed by atoms with Crippen molar-refractivity contribution >= 4 is 34.2 Å². The molecule has 2 rings (SSSR count). The van der Waals surface area contributed by atoms with Gasteiger partial charge in [-0.25, -0.2) is 4.39 Å². The second kappa shape index (κ2) is 5.88. The molecule has 0 saturated carbocycles. The van der Waals surface area contributed by atoms with Crippen LogP contribution in [0, 0.1) is 20.7 Å². The van der Waals surface area contributed by atoms with Crippen LogP contribution in [0.2, 0.25) is 0 Å². The van der Waals surface area contributed by atoms with Gasteiger partial charge in [-0.3, -0.25) is 4.79 Å². The monoisotopic (exact) mass is 382 g/mol. The van der Waals surface area contributed by atoms with Crippen LogP contribution in [0.3, 0.4) is 0 Å². The van der Waals surface area contributed by atoms with Crippen molar-refractivity contribution in [2.24, 2.45) is 0 Å². The highest BCUT2D eigenvalue weighted by molar-refractivity contribution is 14.1. The molecule has 100 valence electrons. The first-order valence-electron chi connectivity index (χ1n) is 5.51. The van der Waals surface area contributed by atoms with Gasteiger partial charge in [-0.15, -0.1) is 0 Å². The van der Waals surface area contributed by atoms with Crippen molar-refractivity contribution in [3.63, 3.8) is 0 Å². The Hall–Kier alpha value is -2.14. The van der Waals surface area contributed by atoms with Crippen LogP contribution in [0.5, 0.6) is 5.75 Å². The van der Waals surface area contributed by atoms with E-state index in [9.17, 15) is 14.3 Å². The summed E-state index contributed by atoms with van der Waals surface area (Å²) in [6.45, 7) is 0. The fraction of sp³-hybridized carbons (Fsp3) is 0. The summed E-state index contributed by atoms with van der Waals surface area (Å²) >= 11 is 1.94.